The van der Waals surface area contributed by atoms with E-state index in [-0.39, 0.29) is 11.8 Å². The van der Waals surface area contributed by atoms with E-state index >= 15 is 0 Å². The van der Waals surface area contributed by atoms with Gasteiger partial charge in [-0.2, -0.15) is 11.8 Å². The number of hydrogen-bond donors (Lipinski definition) is 1. The number of amides is 1. The number of rotatable bonds is 8. The molecule has 1 fully saturated rings. The molecule has 3 rings (SSSR count). The zero-order valence-corrected chi connectivity index (χ0v) is 17.6. The van der Waals surface area contributed by atoms with E-state index in [0.29, 0.717) is 0 Å². The highest BCUT2D eigenvalue weighted by Crippen LogP contribution is 2.27. The minimum Gasteiger partial charge on any atom is -0.497 e. The van der Waals surface area contributed by atoms with Crippen LogP contribution in [0.2, 0.25) is 0 Å². The molecule has 0 radical (unpaired) electrons. The molecular formula is C23H30N2O2S. The first-order valence-corrected chi connectivity index (χ1v) is 11.4. The van der Waals surface area contributed by atoms with Crippen LogP contribution in [0, 0.1) is 5.92 Å². The number of thioether (sulfide) groups is 1. The zero-order chi connectivity index (χ0) is 19.8. The molecule has 0 aromatic heterocycles. The molecule has 0 bridgehead atoms. The monoisotopic (exact) mass is 398 g/mol. The third-order valence-corrected chi connectivity index (χ3v) is 6.01. The van der Waals surface area contributed by atoms with Crippen LogP contribution in [0.3, 0.4) is 0 Å². The van der Waals surface area contributed by atoms with Gasteiger partial charge < -0.3 is 15.0 Å². The van der Waals surface area contributed by atoms with Crippen LogP contribution in [0.1, 0.15) is 19.3 Å². The van der Waals surface area contributed by atoms with Gasteiger partial charge in [0.05, 0.1) is 7.11 Å². The number of ether oxygens (including phenoxy) is 1. The quantitative estimate of drug-likeness (QED) is 0.651. The number of hydrogen-bond acceptors (Lipinski definition) is 4. The Bertz CT molecular complexity index is 773. The van der Waals surface area contributed by atoms with E-state index in [2.05, 4.69) is 28.6 Å². The van der Waals surface area contributed by atoms with Crippen molar-refractivity contribution in [3.63, 3.8) is 0 Å². The Balaban J connectivity index is 1.56. The van der Waals surface area contributed by atoms with Crippen molar-refractivity contribution in [2.24, 2.45) is 5.92 Å². The van der Waals surface area contributed by atoms with Crippen molar-refractivity contribution < 1.29 is 9.53 Å². The van der Waals surface area contributed by atoms with E-state index in [0.717, 1.165) is 55.0 Å². The Morgan fingerprint density at radius 3 is 2.57 bits per heavy atom. The van der Waals surface area contributed by atoms with Crippen molar-refractivity contribution in [1.82, 2.24) is 4.90 Å². The predicted molar refractivity (Wildman–Crippen MR) is 119 cm³/mol. The van der Waals surface area contributed by atoms with Gasteiger partial charge in [0.15, 0.2) is 0 Å². The van der Waals surface area contributed by atoms with Crippen LogP contribution in [0.25, 0.3) is 11.1 Å². The van der Waals surface area contributed by atoms with Crippen molar-refractivity contribution in [1.29, 1.82) is 0 Å². The summed E-state index contributed by atoms with van der Waals surface area (Å²) in [7, 11) is 1.67. The molecule has 2 aromatic rings. The molecular weight excluding hydrogens is 368 g/mol. The fourth-order valence-corrected chi connectivity index (χ4v) is 4.09. The van der Waals surface area contributed by atoms with E-state index in [1.807, 2.05) is 48.2 Å². The minimum atomic E-state index is 0.109. The van der Waals surface area contributed by atoms with Crippen molar-refractivity contribution >= 4 is 23.4 Å². The molecule has 2 aromatic carbocycles. The van der Waals surface area contributed by atoms with Crippen molar-refractivity contribution in [2.75, 3.05) is 44.1 Å². The first kappa shape index (κ1) is 20.7. The van der Waals surface area contributed by atoms with Gasteiger partial charge in [0.1, 0.15) is 5.75 Å². The number of likely N-dealkylation sites (tertiary alicyclic amines) is 1. The molecule has 4 nitrogen and oxygen atoms in total. The summed E-state index contributed by atoms with van der Waals surface area (Å²) in [6, 6.07) is 16.0. The summed E-state index contributed by atoms with van der Waals surface area (Å²) in [5.41, 5.74) is 3.00. The van der Waals surface area contributed by atoms with E-state index in [9.17, 15) is 4.79 Å². The Labute approximate surface area is 172 Å². The smallest absolute Gasteiger partial charge is 0.227 e. The SMILES string of the molecule is COc1cccc(-c2cccc(NC(=O)C3CCN(CCCSC)CC3)c2)c1. The summed E-state index contributed by atoms with van der Waals surface area (Å²) in [5, 5.41) is 3.13. The van der Waals surface area contributed by atoms with Crippen LogP contribution < -0.4 is 10.1 Å². The van der Waals surface area contributed by atoms with Crippen LogP contribution in [-0.2, 0) is 4.79 Å². The number of methoxy groups -OCH3 is 1. The molecule has 0 spiro atoms. The summed E-state index contributed by atoms with van der Waals surface area (Å²) in [5.74, 6) is 2.30. The average Bonchev–Trinajstić information content (AvgIpc) is 2.74. The molecule has 5 heteroatoms. The molecule has 0 atom stereocenters. The Kier molecular flexibility index (Phi) is 7.80. The topological polar surface area (TPSA) is 41.6 Å². The second-order valence-corrected chi connectivity index (χ2v) is 8.25. The lowest BCUT2D eigenvalue weighted by Crippen LogP contribution is -2.38. The summed E-state index contributed by atoms with van der Waals surface area (Å²) in [6.07, 6.45) is 5.27. The molecule has 1 aliphatic rings. The predicted octanol–water partition coefficient (Wildman–Crippen LogP) is 4.77. The lowest BCUT2D eigenvalue weighted by atomic mass is 9.95. The summed E-state index contributed by atoms with van der Waals surface area (Å²) < 4.78 is 5.32. The fourth-order valence-electron chi connectivity index (χ4n) is 3.67. The molecule has 0 aliphatic carbocycles. The highest BCUT2D eigenvalue weighted by Gasteiger charge is 2.24. The third kappa shape index (κ3) is 5.76. The van der Waals surface area contributed by atoms with Crippen LogP contribution in [-0.4, -0.2) is 49.6 Å². The number of nitrogens with one attached hydrogen (secondary N) is 1. The standard InChI is InChI=1S/C23H30N2O2S/c1-27-22-9-4-7-20(17-22)19-6-3-8-21(16-19)24-23(26)18-10-13-25(14-11-18)12-5-15-28-2/h3-4,6-9,16-18H,5,10-15H2,1-2H3,(H,24,26). The van der Waals surface area contributed by atoms with E-state index < -0.39 is 0 Å². The van der Waals surface area contributed by atoms with Crippen molar-refractivity contribution in [3.05, 3.63) is 48.5 Å². The van der Waals surface area contributed by atoms with Crippen LogP contribution >= 0.6 is 11.8 Å². The number of piperidine rings is 1. The average molecular weight is 399 g/mol. The lowest BCUT2D eigenvalue weighted by molar-refractivity contribution is -0.121. The highest BCUT2D eigenvalue weighted by atomic mass is 32.2. The largest absolute Gasteiger partial charge is 0.497 e. The molecule has 1 amide bonds. The Hall–Kier alpha value is -1.98. The van der Waals surface area contributed by atoms with Gasteiger partial charge in [0, 0.05) is 11.6 Å². The molecule has 0 saturated carbocycles. The maximum absolute atomic E-state index is 12.7. The van der Waals surface area contributed by atoms with E-state index in [1.54, 1.807) is 7.11 Å². The van der Waals surface area contributed by atoms with E-state index in [1.165, 1.54) is 12.2 Å². The fraction of sp³-hybridized carbons (Fsp3) is 0.435. The molecule has 1 heterocycles. The van der Waals surface area contributed by atoms with Crippen LogP contribution in [0.4, 0.5) is 5.69 Å². The van der Waals surface area contributed by atoms with Gasteiger partial charge in [-0.05, 0) is 86.3 Å². The minimum absolute atomic E-state index is 0.109. The molecule has 1 N–H and O–H groups in total. The number of benzene rings is 2. The van der Waals surface area contributed by atoms with Gasteiger partial charge in [-0.1, -0.05) is 24.3 Å². The Morgan fingerprint density at radius 2 is 1.86 bits per heavy atom. The maximum atomic E-state index is 12.7. The molecule has 28 heavy (non-hydrogen) atoms. The molecule has 0 unspecified atom stereocenters. The summed E-state index contributed by atoms with van der Waals surface area (Å²) in [4.78, 5) is 15.2. The van der Waals surface area contributed by atoms with Crippen molar-refractivity contribution in [2.45, 2.75) is 19.3 Å². The lowest BCUT2D eigenvalue weighted by Gasteiger charge is -2.31. The number of carbonyl (C=O) groups is 1. The Morgan fingerprint density at radius 1 is 1.14 bits per heavy atom. The molecule has 1 saturated heterocycles. The van der Waals surface area contributed by atoms with Gasteiger partial charge in [-0.3, -0.25) is 4.79 Å². The third-order valence-electron chi connectivity index (χ3n) is 5.31. The second-order valence-electron chi connectivity index (χ2n) is 7.26. The van der Waals surface area contributed by atoms with Gasteiger partial charge >= 0.3 is 0 Å². The maximum Gasteiger partial charge on any atom is 0.227 e. The first-order valence-electron chi connectivity index (χ1n) is 9.96. The molecule has 1 aliphatic heterocycles. The summed E-state index contributed by atoms with van der Waals surface area (Å²) >= 11 is 1.90. The normalized spacial score (nSPS) is 15.4. The van der Waals surface area contributed by atoms with Gasteiger partial charge in [0.25, 0.3) is 0 Å². The first-order chi connectivity index (χ1) is 13.7. The van der Waals surface area contributed by atoms with Crippen LogP contribution in [0.5, 0.6) is 5.75 Å². The second kappa shape index (κ2) is 10.5. The summed E-state index contributed by atoms with van der Waals surface area (Å²) in [6.45, 7) is 3.20. The van der Waals surface area contributed by atoms with Crippen molar-refractivity contribution in [3.8, 4) is 16.9 Å². The number of nitrogens with zero attached hydrogens (tertiary/aromatic N) is 1. The molecule has 150 valence electrons. The van der Waals surface area contributed by atoms with Gasteiger partial charge in [-0.15, -0.1) is 0 Å². The number of anilines is 1. The van der Waals surface area contributed by atoms with Gasteiger partial charge in [-0.25, -0.2) is 0 Å². The highest BCUT2D eigenvalue weighted by molar-refractivity contribution is 7.98. The van der Waals surface area contributed by atoms with Gasteiger partial charge in [0.2, 0.25) is 5.91 Å². The number of carbonyl (C=O) groups excluding carboxylic acids is 1. The zero-order valence-electron chi connectivity index (χ0n) is 16.8. The van der Waals surface area contributed by atoms with Crippen LogP contribution in [0.15, 0.2) is 48.5 Å². The van der Waals surface area contributed by atoms with E-state index in [4.69, 9.17) is 4.74 Å².